The van der Waals surface area contributed by atoms with E-state index in [9.17, 15) is 5.11 Å². The number of hydrogen-bond donors (Lipinski definition) is 1. The van der Waals surface area contributed by atoms with Gasteiger partial charge in [0.05, 0.1) is 11.8 Å². The topological polar surface area (TPSA) is 38.0 Å². The van der Waals surface area contributed by atoms with Crippen molar-refractivity contribution in [2.24, 2.45) is 0 Å². The van der Waals surface area contributed by atoms with Crippen LogP contribution in [0.1, 0.15) is 36.9 Å². The molecule has 0 bridgehead atoms. The van der Waals surface area contributed by atoms with E-state index in [1.807, 2.05) is 28.9 Å². The van der Waals surface area contributed by atoms with Crippen LogP contribution in [-0.4, -0.2) is 14.9 Å². The van der Waals surface area contributed by atoms with Gasteiger partial charge in [0.2, 0.25) is 0 Å². The molecule has 3 nitrogen and oxygen atoms in total. The van der Waals surface area contributed by atoms with Gasteiger partial charge in [-0.2, -0.15) is 5.10 Å². The van der Waals surface area contributed by atoms with E-state index in [0.717, 1.165) is 33.5 Å². The van der Waals surface area contributed by atoms with Crippen LogP contribution in [0, 0.1) is 3.57 Å². The number of nitrogens with zero attached hydrogens (tertiary/aromatic N) is 2. The lowest BCUT2D eigenvalue weighted by Crippen LogP contribution is -2.09. The Bertz CT molecular complexity index is 551. The minimum absolute atomic E-state index is 0.472. The standard InChI is InChI=1S/C15H19IN2O/c1-3-11-9-12(18(4-2)17-11)10-15(19)13-7-5-6-8-14(13)16/h5-9,15,19H,3-4,10H2,1-2H3. The van der Waals surface area contributed by atoms with Gasteiger partial charge in [0.15, 0.2) is 0 Å². The quantitative estimate of drug-likeness (QED) is 0.820. The largest absolute Gasteiger partial charge is 0.388 e. The number of aryl methyl sites for hydroxylation is 2. The van der Waals surface area contributed by atoms with Gasteiger partial charge in [0.25, 0.3) is 0 Å². The van der Waals surface area contributed by atoms with Gasteiger partial charge in [0, 0.05) is 22.2 Å². The second-order valence-corrected chi connectivity index (χ2v) is 5.70. The van der Waals surface area contributed by atoms with Crippen LogP contribution >= 0.6 is 22.6 Å². The molecule has 2 aromatic rings. The molecule has 0 aliphatic carbocycles. The van der Waals surface area contributed by atoms with Gasteiger partial charge in [-0.05, 0) is 53.6 Å². The van der Waals surface area contributed by atoms with Crippen molar-refractivity contribution in [3.63, 3.8) is 0 Å². The van der Waals surface area contributed by atoms with Crippen LogP contribution in [0.2, 0.25) is 0 Å². The van der Waals surface area contributed by atoms with Crippen molar-refractivity contribution in [2.45, 2.75) is 39.3 Å². The Balaban J connectivity index is 2.21. The Labute approximate surface area is 127 Å². The summed E-state index contributed by atoms with van der Waals surface area (Å²) in [5, 5.41) is 14.9. The predicted octanol–water partition coefficient (Wildman–Crippen LogP) is 3.35. The Hall–Kier alpha value is -0.880. The summed E-state index contributed by atoms with van der Waals surface area (Å²) in [7, 11) is 0. The number of hydrogen-bond acceptors (Lipinski definition) is 2. The first kappa shape index (κ1) is 14.5. The SMILES string of the molecule is CCc1cc(CC(O)c2ccccc2I)n(CC)n1. The summed E-state index contributed by atoms with van der Waals surface area (Å²) in [6, 6.07) is 10.1. The van der Waals surface area contributed by atoms with Crippen molar-refractivity contribution in [1.29, 1.82) is 0 Å². The third kappa shape index (κ3) is 3.36. The Morgan fingerprint density at radius 1 is 1.32 bits per heavy atom. The maximum Gasteiger partial charge on any atom is 0.0855 e. The first-order chi connectivity index (χ1) is 9.15. The van der Waals surface area contributed by atoms with Crippen LogP contribution in [0.4, 0.5) is 0 Å². The molecular formula is C15H19IN2O. The molecule has 0 aliphatic rings. The van der Waals surface area contributed by atoms with E-state index in [2.05, 4.69) is 47.6 Å². The molecule has 0 fully saturated rings. The molecule has 0 saturated heterocycles. The van der Waals surface area contributed by atoms with Gasteiger partial charge in [-0.1, -0.05) is 25.1 Å². The lowest BCUT2D eigenvalue weighted by Gasteiger charge is -2.13. The van der Waals surface area contributed by atoms with Crippen LogP contribution in [0.25, 0.3) is 0 Å². The molecule has 0 aliphatic heterocycles. The average molecular weight is 370 g/mol. The zero-order valence-electron chi connectivity index (χ0n) is 11.3. The predicted molar refractivity (Wildman–Crippen MR) is 85.1 cm³/mol. The highest BCUT2D eigenvalue weighted by Crippen LogP contribution is 2.23. The summed E-state index contributed by atoms with van der Waals surface area (Å²) >= 11 is 2.27. The molecule has 0 spiro atoms. The van der Waals surface area contributed by atoms with Crippen molar-refractivity contribution in [3.8, 4) is 0 Å². The molecule has 1 unspecified atom stereocenters. The number of rotatable bonds is 5. The first-order valence-electron chi connectivity index (χ1n) is 6.63. The molecule has 1 heterocycles. The summed E-state index contributed by atoms with van der Waals surface area (Å²) in [5.74, 6) is 0. The fourth-order valence-corrected chi connectivity index (χ4v) is 2.93. The minimum atomic E-state index is -0.472. The molecule has 1 aromatic heterocycles. The van der Waals surface area contributed by atoms with Crippen LogP contribution in [0.5, 0.6) is 0 Å². The van der Waals surface area contributed by atoms with Crippen LogP contribution < -0.4 is 0 Å². The Morgan fingerprint density at radius 2 is 2.05 bits per heavy atom. The molecule has 4 heteroatoms. The zero-order valence-corrected chi connectivity index (χ0v) is 13.5. The molecule has 0 saturated carbocycles. The van der Waals surface area contributed by atoms with E-state index >= 15 is 0 Å². The van der Waals surface area contributed by atoms with Crippen LogP contribution in [0.3, 0.4) is 0 Å². The molecule has 1 N–H and O–H groups in total. The highest BCUT2D eigenvalue weighted by atomic mass is 127. The monoisotopic (exact) mass is 370 g/mol. The van der Waals surface area contributed by atoms with Gasteiger partial charge in [-0.25, -0.2) is 0 Å². The molecule has 102 valence electrons. The second kappa shape index (κ2) is 6.52. The molecular weight excluding hydrogens is 351 g/mol. The van der Waals surface area contributed by atoms with Crippen LogP contribution in [-0.2, 0) is 19.4 Å². The lowest BCUT2D eigenvalue weighted by molar-refractivity contribution is 0.174. The van der Waals surface area contributed by atoms with Crippen molar-refractivity contribution in [1.82, 2.24) is 9.78 Å². The third-order valence-corrected chi connectivity index (χ3v) is 4.22. The van der Waals surface area contributed by atoms with E-state index in [0.29, 0.717) is 6.42 Å². The number of aromatic nitrogens is 2. The molecule has 0 amide bonds. The van der Waals surface area contributed by atoms with E-state index in [4.69, 9.17) is 0 Å². The van der Waals surface area contributed by atoms with Gasteiger partial charge >= 0.3 is 0 Å². The molecule has 1 atom stereocenters. The van der Waals surface area contributed by atoms with Gasteiger partial charge in [-0.3, -0.25) is 4.68 Å². The number of aliphatic hydroxyl groups is 1. The van der Waals surface area contributed by atoms with Crippen molar-refractivity contribution >= 4 is 22.6 Å². The fraction of sp³-hybridized carbons (Fsp3) is 0.400. The first-order valence-corrected chi connectivity index (χ1v) is 7.71. The molecule has 0 radical (unpaired) electrons. The zero-order chi connectivity index (χ0) is 13.8. The van der Waals surface area contributed by atoms with Gasteiger partial charge < -0.3 is 5.11 Å². The maximum atomic E-state index is 10.4. The number of halogens is 1. The Kier molecular flexibility index (Phi) is 4.99. The lowest BCUT2D eigenvalue weighted by atomic mass is 10.0. The molecule has 1 aromatic carbocycles. The normalized spacial score (nSPS) is 12.6. The van der Waals surface area contributed by atoms with E-state index in [-0.39, 0.29) is 0 Å². The van der Waals surface area contributed by atoms with E-state index in [1.165, 1.54) is 0 Å². The average Bonchev–Trinajstić information content (AvgIpc) is 2.81. The summed E-state index contributed by atoms with van der Waals surface area (Å²) in [4.78, 5) is 0. The number of aliphatic hydroxyl groups excluding tert-OH is 1. The summed E-state index contributed by atoms with van der Waals surface area (Å²) in [5.41, 5.74) is 3.18. The van der Waals surface area contributed by atoms with Crippen LogP contribution in [0.15, 0.2) is 30.3 Å². The summed E-state index contributed by atoms with van der Waals surface area (Å²) in [6.45, 7) is 5.02. The smallest absolute Gasteiger partial charge is 0.0855 e. The molecule has 2 rings (SSSR count). The van der Waals surface area contributed by atoms with Gasteiger partial charge in [0.1, 0.15) is 0 Å². The van der Waals surface area contributed by atoms with Crippen molar-refractivity contribution in [3.05, 3.63) is 50.9 Å². The summed E-state index contributed by atoms with van der Waals surface area (Å²) < 4.78 is 3.09. The second-order valence-electron chi connectivity index (χ2n) is 4.54. The Morgan fingerprint density at radius 3 is 2.68 bits per heavy atom. The van der Waals surface area contributed by atoms with Crippen molar-refractivity contribution in [2.75, 3.05) is 0 Å². The third-order valence-electron chi connectivity index (χ3n) is 3.24. The number of benzene rings is 1. The van der Waals surface area contributed by atoms with E-state index < -0.39 is 6.10 Å². The highest BCUT2D eigenvalue weighted by molar-refractivity contribution is 14.1. The molecule has 19 heavy (non-hydrogen) atoms. The van der Waals surface area contributed by atoms with Crippen molar-refractivity contribution < 1.29 is 5.11 Å². The van der Waals surface area contributed by atoms with Gasteiger partial charge in [-0.15, -0.1) is 0 Å². The highest BCUT2D eigenvalue weighted by Gasteiger charge is 2.15. The summed E-state index contributed by atoms with van der Waals surface area (Å²) in [6.07, 6.45) is 1.07. The minimum Gasteiger partial charge on any atom is -0.388 e. The fourth-order valence-electron chi connectivity index (χ4n) is 2.18. The van der Waals surface area contributed by atoms with E-state index in [1.54, 1.807) is 0 Å². The maximum absolute atomic E-state index is 10.4.